The standard InChI is InChI=1S/C20H29N3O/c1-14-15(2)22-20-18(7-4-8-19(14)20)13-23-11-5-6-17(12-23)9-10-21-16(3)24/h4,7-8,17,22H,5-6,9-13H2,1-3H3,(H,21,24)/t17-/m1/s1. The average Bonchev–Trinajstić information content (AvgIpc) is 2.84. The summed E-state index contributed by atoms with van der Waals surface area (Å²) < 4.78 is 0. The molecular weight excluding hydrogens is 298 g/mol. The number of amides is 1. The Balaban J connectivity index is 1.65. The summed E-state index contributed by atoms with van der Waals surface area (Å²) in [7, 11) is 0. The quantitative estimate of drug-likeness (QED) is 0.883. The Kier molecular flexibility index (Phi) is 5.24. The van der Waals surface area contributed by atoms with Crippen molar-refractivity contribution in [2.75, 3.05) is 19.6 Å². The molecule has 1 fully saturated rings. The number of benzene rings is 1. The van der Waals surface area contributed by atoms with E-state index in [0.29, 0.717) is 5.92 Å². The maximum atomic E-state index is 11.0. The number of rotatable bonds is 5. The molecule has 2 heterocycles. The summed E-state index contributed by atoms with van der Waals surface area (Å²) >= 11 is 0. The SMILES string of the molecule is CC(=O)NCC[C@H]1CCCN(Cc2cccc3c(C)c(C)[nH]c23)C1. The van der Waals surface area contributed by atoms with Crippen molar-refractivity contribution < 1.29 is 4.79 Å². The van der Waals surface area contributed by atoms with Crippen LogP contribution in [0.2, 0.25) is 0 Å². The largest absolute Gasteiger partial charge is 0.358 e. The highest BCUT2D eigenvalue weighted by Gasteiger charge is 2.20. The van der Waals surface area contributed by atoms with Crippen molar-refractivity contribution in [2.24, 2.45) is 5.92 Å². The van der Waals surface area contributed by atoms with Gasteiger partial charge in [-0.2, -0.15) is 0 Å². The van der Waals surface area contributed by atoms with Crippen LogP contribution in [0.3, 0.4) is 0 Å². The van der Waals surface area contributed by atoms with Gasteiger partial charge in [0.05, 0.1) is 5.52 Å². The Morgan fingerprint density at radius 1 is 1.38 bits per heavy atom. The van der Waals surface area contributed by atoms with Crippen LogP contribution in [0.25, 0.3) is 10.9 Å². The molecule has 130 valence electrons. The first kappa shape index (κ1) is 17.0. The first-order valence-corrected chi connectivity index (χ1v) is 9.08. The maximum Gasteiger partial charge on any atom is 0.216 e. The highest BCUT2D eigenvalue weighted by Crippen LogP contribution is 2.27. The zero-order chi connectivity index (χ0) is 17.1. The number of fused-ring (bicyclic) bond motifs is 1. The summed E-state index contributed by atoms with van der Waals surface area (Å²) in [6, 6.07) is 6.64. The average molecular weight is 327 g/mol. The molecule has 24 heavy (non-hydrogen) atoms. The first-order chi connectivity index (χ1) is 11.5. The highest BCUT2D eigenvalue weighted by molar-refractivity contribution is 5.87. The van der Waals surface area contributed by atoms with Crippen molar-refractivity contribution in [3.8, 4) is 0 Å². The van der Waals surface area contributed by atoms with Crippen molar-refractivity contribution in [1.82, 2.24) is 15.2 Å². The minimum atomic E-state index is 0.0758. The van der Waals surface area contributed by atoms with Crippen LogP contribution in [0, 0.1) is 19.8 Å². The number of aromatic amines is 1. The number of hydrogen-bond donors (Lipinski definition) is 2. The van der Waals surface area contributed by atoms with Gasteiger partial charge in [-0.25, -0.2) is 0 Å². The summed E-state index contributed by atoms with van der Waals surface area (Å²) in [6.45, 7) is 10.1. The molecule has 4 nitrogen and oxygen atoms in total. The molecule has 1 amide bonds. The predicted octanol–water partition coefficient (Wildman–Crippen LogP) is 3.52. The second-order valence-electron chi connectivity index (χ2n) is 7.23. The van der Waals surface area contributed by atoms with Gasteiger partial charge in [-0.05, 0) is 56.7 Å². The monoisotopic (exact) mass is 327 g/mol. The van der Waals surface area contributed by atoms with Crippen molar-refractivity contribution in [3.63, 3.8) is 0 Å². The highest BCUT2D eigenvalue weighted by atomic mass is 16.1. The van der Waals surface area contributed by atoms with E-state index in [-0.39, 0.29) is 5.91 Å². The first-order valence-electron chi connectivity index (χ1n) is 9.08. The van der Waals surface area contributed by atoms with Crippen LogP contribution in [0.15, 0.2) is 18.2 Å². The van der Waals surface area contributed by atoms with E-state index in [1.165, 1.54) is 47.1 Å². The van der Waals surface area contributed by atoms with Crippen molar-refractivity contribution in [2.45, 2.75) is 46.6 Å². The van der Waals surface area contributed by atoms with Gasteiger partial charge in [0, 0.05) is 37.6 Å². The number of piperidine rings is 1. The minimum absolute atomic E-state index is 0.0758. The Morgan fingerprint density at radius 3 is 3.00 bits per heavy atom. The Labute approximate surface area is 144 Å². The molecule has 2 N–H and O–H groups in total. The number of para-hydroxylation sites is 1. The molecule has 1 aromatic heterocycles. The third-order valence-electron chi connectivity index (χ3n) is 5.35. The topological polar surface area (TPSA) is 48.1 Å². The molecule has 0 unspecified atom stereocenters. The van der Waals surface area contributed by atoms with E-state index in [1.807, 2.05) is 0 Å². The van der Waals surface area contributed by atoms with Gasteiger partial charge in [0.25, 0.3) is 0 Å². The van der Waals surface area contributed by atoms with E-state index in [0.717, 1.165) is 26.1 Å². The predicted molar refractivity (Wildman–Crippen MR) is 99.1 cm³/mol. The third-order valence-corrected chi connectivity index (χ3v) is 5.35. The Morgan fingerprint density at radius 2 is 2.21 bits per heavy atom. The lowest BCUT2D eigenvalue weighted by molar-refractivity contribution is -0.119. The van der Waals surface area contributed by atoms with Crippen molar-refractivity contribution in [3.05, 3.63) is 35.0 Å². The van der Waals surface area contributed by atoms with Crippen LogP contribution in [0.1, 0.15) is 43.0 Å². The fourth-order valence-corrected chi connectivity index (χ4v) is 3.90. The second-order valence-corrected chi connectivity index (χ2v) is 7.23. The molecule has 4 heteroatoms. The molecule has 1 aliphatic heterocycles. The normalized spacial score (nSPS) is 18.9. The van der Waals surface area contributed by atoms with Gasteiger partial charge in [0.2, 0.25) is 5.91 Å². The fourth-order valence-electron chi connectivity index (χ4n) is 3.90. The molecule has 1 atom stereocenters. The Bertz CT molecular complexity index is 719. The van der Waals surface area contributed by atoms with Gasteiger partial charge in [-0.1, -0.05) is 18.2 Å². The van der Waals surface area contributed by atoms with Gasteiger partial charge < -0.3 is 10.3 Å². The van der Waals surface area contributed by atoms with Gasteiger partial charge >= 0.3 is 0 Å². The number of carbonyl (C=O) groups is 1. The van der Waals surface area contributed by atoms with Crippen LogP contribution in [-0.2, 0) is 11.3 Å². The molecule has 1 aromatic carbocycles. The zero-order valence-electron chi connectivity index (χ0n) is 15.1. The van der Waals surface area contributed by atoms with Gasteiger partial charge in [-0.15, -0.1) is 0 Å². The van der Waals surface area contributed by atoms with E-state index in [1.54, 1.807) is 6.92 Å². The number of H-pyrrole nitrogens is 1. The molecule has 0 radical (unpaired) electrons. The molecule has 2 aromatic rings. The van der Waals surface area contributed by atoms with Gasteiger partial charge in [0.15, 0.2) is 0 Å². The van der Waals surface area contributed by atoms with Crippen LogP contribution < -0.4 is 5.32 Å². The molecule has 1 saturated heterocycles. The van der Waals surface area contributed by atoms with Crippen LogP contribution >= 0.6 is 0 Å². The number of hydrogen-bond acceptors (Lipinski definition) is 2. The number of nitrogens with one attached hydrogen (secondary N) is 2. The maximum absolute atomic E-state index is 11.0. The Hall–Kier alpha value is -1.81. The molecule has 0 spiro atoms. The zero-order valence-corrected chi connectivity index (χ0v) is 15.1. The summed E-state index contributed by atoms with van der Waals surface area (Å²) in [5, 5.41) is 4.28. The number of nitrogens with zero attached hydrogens (tertiary/aromatic N) is 1. The lowest BCUT2D eigenvalue weighted by Crippen LogP contribution is -2.36. The van der Waals surface area contributed by atoms with E-state index in [9.17, 15) is 4.79 Å². The molecule has 1 aliphatic rings. The van der Waals surface area contributed by atoms with Crippen molar-refractivity contribution in [1.29, 1.82) is 0 Å². The molecule has 0 aliphatic carbocycles. The van der Waals surface area contributed by atoms with Gasteiger partial charge in [-0.3, -0.25) is 9.69 Å². The van der Waals surface area contributed by atoms with E-state index in [2.05, 4.69) is 47.2 Å². The third kappa shape index (κ3) is 3.81. The van der Waals surface area contributed by atoms with E-state index in [4.69, 9.17) is 0 Å². The van der Waals surface area contributed by atoms with Crippen molar-refractivity contribution >= 4 is 16.8 Å². The van der Waals surface area contributed by atoms with Crippen LogP contribution in [-0.4, -0.2) is 35.4 Å². The smallest absolute Gasteiger partial charge is 0.216 e. The van der Waals surface area contributed by atoms with Crippen LogP contribution in [0.5, 0.6) is 0 Å². The lowest BCUT2D eigenvalue weighted by atomic mass is 9.94. The lowest BCUT2D eigenvalue weighted by Gasteiger charge is -2.33. The number of aryl methyl sites for hydroxylation is 2. The molecular formula is C20H29N3O. The fraction of sp³-hybridized carbons (Fsp3) is 0.550. The molecule has 0 saturated carbocycles. The van der Waals surface area contributed by atoms with Crippen LogP contribution in [0.4, 0.5) is 0 Å². The summed E-state index contributed by atoms with van der Waals surface area (Å²) in [4.78, 5) is 17.2. The van der Waals surface area contributed by atoms with E-state index < -0.39 is 0 Å². The molecule has 0 bridgehead atoms. The van der Waals surface area contributed by atoms with Gasteiger partial charge in [0.1, 0.15) is 0 Å². The summed E-state index contributed by atoms with van der Waals surface area (Å²) in [5.74, 6) is 0.767. The van der Waals surface area contributed by atoms with E-state index >= 15 is 0 Å². The summed E-state index contributed by atoms with van der Waals surface area (Å²) in [6.07, 6.45) is 3.62. The second kappa shape index (κ2) is 7.39. The number of likely N-dealkylation sites (tertiary alicyclic amines) is 1. The summed E-state index contributed by atoms with van der Waals surface area (Å²) in [5.41, 5.74) is 5.32. The minimum Gasteiger partial charge on any atom is -0.358 e. The molecule has 3 rings (SSSR count). The number of aromatic nitrogens is 1. The number of carbonyl (C=O) groups excluding carboxylic acids is 1.